The number of rotatable bonds is 5. The molecule has 0 atom stereocenters. The molecule has 2 aromatic heterocycles. The summed E-state index contributed by atoms with van der Waals surface area (Å²) in [5, 5.41) is 10.8. The molecule has 0 aliphatic rings. The summed E-state index contributed by atoms with van der Waals surface area (Å²) in [5.41, 5.74) is 2.10. The van der Waals surface area contributed by atoms with Crippen molar-refractivity contribution in [1.82, 2.24) is 20.1 Å². The second-order valence-corrected chi connectivity index (χ2v) is 4.71. The number of thiazole rings is 1. The zero-order valence-electron chi connectivity index (χ0n) is 10.2. The van der Waals surface area contributed by atoms with Crippen molar-refractivity contribution in [2.24, 2.45) is 7.05 Å². The fraction of sp³-hybridized carbons (Fsp3) is 0.455. The Morgan fingerprint density at radius 2 is 2.29 bits per heavy atom. The van der Waals surface area contributed by atoms with Gasteiger partial charge in [0.05, 0.1) is 18.4 Å². The van der Waals surface area contributed by atoms with Gasteiger partial charge in [-0.1, -0.05) is 0 Å². The highest BCUT2D eigenvalue weighted by Gasteiger charge is 2.13. The average Bonchev–Trinajstić information content (AvgIpc) is 2.88. The van der Waals surface area contributed by atoms with Crippen molar-refractivity contribution in [3.8, 4) is 5.88 Å². The van der Waals surface area contributed by atoms with Gasteiger partial charge in [-0.15, -0.1) is 11.3 Å². The fourth-order valence-corrected chi connectivity index (χ4v) is 2.36. The molecule has 2 aromatic rings. The molecule has 17 heavy (non-hydrogen) atoms. The van der Waals surface area contributed by atoms with E-state index in [0.29, 0.717) is 0 Å². The van der Waals surface area contributed by atoms with Crippen molar-refractivity contribution in [1.29, 1.82) is 0 Å². The second kappa shape index (κ2) is 5.29. The minimum atomic E-state index is 0.739. The van der Waals surface area contributed by atoms with Gasteiger partial charge in [0.25, 0.3) is 0 Å². The van der Waals surface area contributed by atoms with E-state index in [4.69, 9.17) is 4.74 Å². The summed E-state index contributed by atoms with van der Waals surface area (Å²) >= 11 is 1.65. The highest BCUT2D eigenvalue weighted by molar-refractivity contribution is 7.09. The van der Waals surface area contributed by atoms with Gasteiger partial charge in [0.2, 0.25) is 5.88 Å². The van der Waals surface area contributed by atoms with Crippen LogP contribution >= 0.6 is 11.3 Å². The summed E-state index contributed by atoms with van der Waals surface area (Å²) in [7, 11) is 3.55. The molecule has 2 heterocycles. The Kier molecular flexibility index (Phi) is 3.75. The quantitative estimate of drug-likeness (QED) is 0.876. The first-order chi connectivity index (χ1) is 8.22. The molecule has 0 fully saturated rings. The van der Waals surface area contributed by atoms with Crippen LogP contribution < -0.4 is 10.1 Å². The molecule has 5 nitrogen and oxygen atoms in total. The Balaban J connectivity index is 1.99. The lowest BCUT2D eigenvalue weighted by Crippen LogP contribution is -2.13. The van der Waals surface area contributed by atoms with Gasteiger partial charge in [-0.05, 0) is 6.92 Å². The molecule has 2 rings (SSSR count). The summed E-state index contributed by atoms with van der Waals surface area (Å²) < 4.78 is 7.09. The van der Waals surface area contributed by atoms with E-state index < -0.39 is 0 Å². The number of nitrogens with zero attached hydrogens (tertiary/aromatic N) is 3. The first kappa shape index (κ1) is 12.1. The Morgan fingerprint density at radius 1 is 1.47 bits per heavy atom. The van der Waals surface area contributed by atoms with Crippen molar-refractivity contribution in [3.05, 3.63) is 27.8 Å². The van der Waals surface area contributed by atoms with Crippen LogP contribution in [-0.4, -0.2) is 21.9 Å². The molecule has 0 aromatic carbocycles. The highest BCUT2D eigenvalue weighted by Crippen LogP contribution is 2.20. The minimum absolute atomic E-state index is 0.739. The van der Waals surface area contributed by atoms with E-state index >= 15 is 0 Å². The fourth-order valence-electron chi connectivity index (χ4n) is 1.77. The SMILES string of the molecule is COc1c(CNCc2nccs2)c(C)nn1C. The standard InChI is InChI=1S/C11H16N4OS/c1-8-9(11(16-3)15(2)14-8)6-12-7-10-13-4-5-17-10/h4-5,12H,6-7H2,1-3H3. The first-order valence-electron chi connectivity index (χ1n) is 5.38. The summed E-state index contributed by atoms with van der Waals surface area (Å²) in [6.07, 6.45) is 1.82. The van der Waals surface area contributed by atoms with Crippen LogP contribution in [-0.2, 0) is 20.1 Å². The molecule has 6 heteroatoms. The van der Waals surface area contributed by atoms with E-state index in [1.807, 2.05) is 25.5 Å². The van der Waals surface area contributed by atoms with Crippen LogP contribution in [0, 0.1) is 6.92 Å². The van der Waals surface area contributed by atoms with Crippen LogP contribution in [0.25, 0.3) is 0 Å². The molecule has 0 saturated carbocycles. The number of ether oxygens (including phenoxy) is 1. The third-order valence-electron chi connectivity index (χ3n) is 2.54. The Hall–Kier alpha value is -1.40. The van der Waals surface area contributed by atoms with Crippen molar-refractivity contribution in [2.45, 2.75) is 20.0 Å². The van der Waals surface area contributed by atoms with Crippen molar-refractivity contribution >= 4 is 11.3 Å². The maximum absolute atomic E-state index is 5.33. The molecule has 0 bridgehead atoms. The van der Waals surface area contributed by atoms with E-state index in [0.717, 1.165) is 35.2 Å². The van der Waals surface area contributed by atoms with E-state index in [1.165, 1.54) is 0 Å². The largest absolute Gasteiger partial charge is 0.481 e. The predicted octanol–water partition coefficient (Wildman–Crippen LogP) is 1.48. The summed E-state index contributed by atoms with van der Waals surface area (Å²) in [6.45, 7) is 3.50. The van der Waals surface area contributed by atoms with Gasteiger partial charge >= 0.3 is 0 Å². The first-order valence-corrected chi connectivity index (χ1v) is 6.26. The van der Waals surface area contributed by atoms with Crippen LogP contribution in [0.5, 0.6) is 5.88 Å². The molecule has 0 amide bonds. The average molecular weight is 252 g/mol. The van der Waals surface area contributed by atoms with Gasteiger partial charge in [0.1, 0.15) is 5.01 Å². The zero-order valence-corrected chi connectivity index (χ0v) is 11.0. The summed E-state index contributed by atoms with van der Waals surface area (Å²) in [5.74, 6) is 0.814. The molecule has 92 valence electrons. The van der Waals surface area contributed by atoms with Gasteiger partial charge in [0.15, 0.2) is 0 Å². The molecule has 0 radical (unpaired) electrons. The maximum atomic E-state index is 5.33. The van der Waals surface area contributed by atoms with E-state index in [9.17, 15) is 0 Å². The van der Waals surface area contributed by atoms with Gasteiger partial charge < -0.3 is 10.1 Å². The number of hydrogen-bond acceptors (Lipinski definition) is 5. The molecular formula is C11H16N4OS. The number of hydrogen-bond donors (Lipinski definition) is 1. The lowest BCUT2D eigenvalue weighted by molar-refractivity contribution is 0.368. The molecule has 0 saturated heterocycles. The smallest absolute Gasteiger partial charge is 0.216 e. The van der Waals surface area contributed by atoms with Crippen LogP contribution in [0.4, 0.5) is 0 Å². The highest BCUT2D eigenvalue weighted by atomic mass is 32.1. The van der Waals surface area contributed by atoms with Crippen molar-refractivity contribution in [2.75, 3.05) is 7.11 Å². The minimum Gasteiger partial charge on any atom is -0.481 e. The van der Waals surface area contributed by atoms with Crippen molar-refractivity contribution < 1.29 is 4.74 Å². The lowest BCUT2D eigenvalue weighted by atomic mass is 10.2. The van der Waals surface area contributed by atoms with Gasteiger partial charge in [-0.3, -0.25) is 0 Å². The molecule has 0 unspecified atom stereocenters. The number of aryl methyl sites for hydroxylation is 2. The molecule has 0 spiro atoms. The molecule has 0 aliphatic carbocycles. The van der Waals surface area contributed by atoms with Crippen molar-refractivity contribution in [3.63, 3.8) is 0 Å². The maximum Gasteiger partial charge on any atom is 0.216 e. The number of nitrogens with one attached hydrogen (secondary N) is 1. The monoisotopic (exact) mass is 252 g/mol. The van der Waals surface area contributed by atoms with E-state index in [1.54, 1.807) is 23.1 Å². The third kappa shape index (κ3) is 2.65. The van der Waals surface area contributed by atoms with Crippen LogP contribution in [0.2, 0.25) is 0 Å². The summed E-state index contributed by atoms with van der Waals surface area (Å²) in [6, 6.07) is 0. The van der Waals surface area contributed by atoms with E-state index in [-0.39, 0.29) is 0 Å². The number of methoxy groups -OCH3 is 1. The Bertz CT molecular complexity index is 478. The molecule has 1 N–H and O–H groups in total. The third-order valence-corrected chi connectivity index (χ3v) is 3.32. The predicted molar refractivity (Wildman–Crippen MR) is 67.2 cm³/mol. The molecular weight excluding hydrogens is 236 g/mol. The molecule has 0 aliphatic heterocycles. The second-order valence-electron chi connectivity index (χ2n) is 3.73. The topological polar surface area (TPSA) is 52.0 Å². The van der Waals surface area contributed by atoms with Crippen LogP contribution in [0.3, 0.4) is 0 Å². The summed E-state index contributed by atoms with van der Waals surface area (Å²) in [4.78, 5) is 4.22. The zero-order chi connectivity index (χ0) is 12.3. The van der Waals surface area contributed by atoms with Crippen LogP contribution in [0.1, 0.15) is 16.3 Å². The number of aromatic nitrogens is 3. The lowest BCUT2D eigenvalue weighted by Gasteiger charge is -2.05. The van der Waals surface area contributed by atoms with E-state index in [2.05, 4.69) is 15.4 Å². The normalized spacial score (nSPS) is 10.8. The van der Waals surface area contributed by atoms with Gasteiger partial charge in [-0.25, -0.2) is 9.67 Å². The Labute approximate surface area is 104 Å². The van der Waals surface area contributed by atoms with Gasteiger partial charge in [0, 0.05) is 31.7 Å². The Morgan fingerprint density at radius 3 is 2.94 bits per heavy atom. The van der Waals surface area contributed by atoms with Gasteiger partial charge in [-0.2, -0.15) is 5.10 Å². The van der Waals surface area contributed by atoms with Crippen LogP contribution in [0.15, 0.2) is 11.6 Å².